The molecule has 0 radical (unpaired) electrons. The van der Waals surface area contributed by atoms with Crippen LogP contribution in [-0.4, -0.2) is 29.2 Å². The lowest BCUT2D eigenvalue weighted by molar-refractivity contribution is 0.0188. The molecule has 0 unspecified atom stereocenters. The first kappa shape index (κ1) is 14.3. The Morgan fingerprint density at radius 1 is 1.33 bits per heavy atom. The van der Waals surface area contributed by atoms with E-state index >= 15 is 0 Å². The molecule has 0 aliphatic carbocycles. The third-order valence-corrected chi connectivity index (χ3v) is 2.00. The topological polar surface area (TPSA) is 29.5 Å². The van der Waals surface area contributed by atoms with Gasteiger partial charge in [0.05, 0.1) is 0 Å². The second-order valence-electron chi connectivity index (χ2n) is 5.12. The van der Waals surface area contributed by atoms with Crippen molar-refractivity contribution in [1.82, 2.24) is 4.90 Å². The number of amides is 1. The molecule has 0 aliphatic rings. The Bertz CT molecular complexity index is 194. The van der Waals surface area contributed by atoms with Gasteiger partial charge in [-0.05, 0) is 41.0 Å². The van der Waals surface area contributed by atoms with E-state index in [0.29, 0.717) is 0 Å². The van der Waals surface area contributed by atoms with Crippen molar-refractivity contribution in [3.8, 4) is 0 Å². The molecule has 0 atom stereocenters. The summed E-state index contributed by atoms with van der Waals surface area (Å²) in [5.41, 5.74) is -0.406. The summed E-state index contributed by atoms with van der Waals surface area (Å²) in [6.07, 6.45) is 1.91. The van der Waals surface area contributed by atoms with Crippen LogP contribution < -0.4 is 0 Å². The lowest BCUT2D eigenvalue weighted by atomic mass is 10.2. The normalized spacial score (nSPS) is 11.7. The maximum Gasteiger partial charge on any atom is 0.410 e. The lowest BCUT2D eigenvalue weighted by Gasteiger charge is -2.30. The third-order valence-electron chi connectivity index (χ3n) is 2.00. The minimum atomic E-state index is -0.406. The number of rotatable bonds is 4. The fourth-order valence-corrected chi connectivity index (χ4v) is 1.21. The first-order valence-electron chi connectivity index (χ1n) is 5.77. The van der Waals surface area contributed by atoms with Gasteiger partial charge in [-0.2, -0.15) is 0 Å². The largest absolute Gasteiger partial charge is 0.444 e. The van der Waals surface area contributed by atoms with Crippen LogP contribution in [0.1, 0.15) is 54.4 Å². The minimum absolute atomic E-state index is 0.200. The van der Waals surface area contributed by atoms with E-state index in [4.69, 9.17) is 4.74 Å². The number of hydrogen-bond donors (Lipinski definition) is 0. The molecular formula is C12H25NO2. The Hall–Kier alpha value is -0.730. The van der Waals surface area contributed by atoms with Crippen LogP contribution in [0, 0.1) is 0 Å². The zero-order valence-electron chi connectivity index (χ0n) is 11.0. The predicted octanol–water partition coefficient (Wildman–Crippen LogP) is 3.43. The summed E-state index contributed by atoms with van der Waals surface area (Å²) < 4.78 is 5.35. The SMILES string of the molecule is CCCCN(C(=O)OC(C)(C)C)C(C)C. The van der Waals surface area contributed by atoms with Gasteiger partial charge in [0, 0.05) is 12.6 Å². The standard InChI is InChI=1S/C12H25NO2/c1-7-8-9-13(10(2)3)11(14)15-12(4,5)6/h10H,7-9H2,1-6H3. The summed E-state index contributed by atoms with van der Waals surface area (Å²) >= 11 is 0. The van der Waals surface area contributed by atoms with Gasteiger partial charge >= 0.3 is 6.09 Å². The van der Waals surface area contributed by atoms with Crippen molar-refractivity contribution in [2.75, 3.05) is 6.54 Å². The van der Waals surface area contributed by atoms with Gasteiger partial charge in [0.25, 0.3) is 0 Å². The molecule has 0 spiro atoms. The van der Waals surface area contributed by atoms with E-state index in [9.17, 15) is 4.79 Å². The van der Waals surface area contributed by atoms with Gasteiger partial charge in [0.2, 0.25) is 0 Å². The Labute approximate surface area is 93.8 Å². The van der Waals surface area contributed by atoms with Crippen molar-refractivity contribution in [3.63, 3.8) is 0 Å². The molecule has 0 N–H and O–H groups in total. The molecule has 1 amide bonds. The van der Waals surface area contributed by atoms with Crippen LogP contribution in [-0.2, 0) is 4.74 Å². The smallest absolute Gasteiger partial charge is 0.410 e. The van der Waals surface area contributed by atoms with Crippen molar-refractivity contribution < 1.29 is 9.53 Å². The van der Waals surface area contributed by atoms with Crippen LogP contribution in [0.3, 0.4) is 0 Å². The van der Waals surface area contributed by atoms with Crippen molar-refractivity contribution >= 4 is 6.09 Å². The molecule has 0 saturated heterocycles. The fraction of sp³-hybridized carbons (Fsp3) is 0.917. The van der Waals surface area contributed by atoms with Gasteiger partial charge in [0.1, 0.15) is 5.60 Å². The predicted molar refractivity (Wildman–Crippen MR) is 63.0 cm³/mol. The van der Waals surface area contributed by atoms with E-state index in [-0.39, 0.29) is 12.1 Å². The molecule has 3 nitrogen and oxygen atoms in total. The van der Waals surface area contributed by atoms with Crippen LogP contribution in [0.2, 0.25) is 0 Å². The van der Waals surface area contributed by atoms with Crippen molar-refractivity contribution in [1.29, 1.82) is 0 Å². The highest BCUT2D eigenvalue weighted by Gasteiger charge is 2.23. The monoisotopic (exact) mass is 215 g/mol. The van der Waals surface area contributed by atoms with Gasteiger partial charge in [-0.25, -0.2) is 4.79 Å². The molecule has 0 fully saturated rings. The minimum Gasteiger partial charge on any atom is -0.444 e. The van der Waals surface area contributed by atoms with Crippen LogP contribution in [0.4, 0.5) is 4.79 Å². The highest BCUT2D eigenvalue weighted by atomic mass is 16.6. The summed E-state index contributed by atoms with van der Waals surface area (Å²) in [5, 5.41) is 0. The summed E-state index contributed by atoms with van der Waals surface area (Å²) in [6, 6.07) is 0.200. The van der Waals surface area contributed by atoms with Crippen molar-refractivity contribution in [3.05, 3.63) is 0 Å². The first-order valence-corrected chi connectivity index (χ1v) is 5.77. The van der Waals surface area contributed by atoms with E-state index in [1.165, 1.54) is 0 Å². The van der Waals surface area contributed by atoms with E-state index in [1.807, 2.05) is 34.6 Å². The molecule has 0 bridgehead atoms. The van der Waals surface area contributed by atoms with Gasteiger partial charge in [-0.3, -0.25) is 0 Å². The molecule has 3 heteroatoms. The Balaban J connectivity index is 4.29. The highest BCUT2D eigenvalue weighted by Crippen LogP contribution is 2.12. The van der Waals surface area contributed by atoms with Crippen LogP contribution in [0.15, 0.2) is 0 Å². The maximum atomic E-state index is 11.8. The first-order chi connectivity index (χ1) is 6.78. The number of unbranched alkanes of at least 4 members (excludes halogenated alkanes) is 1. The van der Waals surface area contributed by atoms with E-state index in [0.717, 1.165) is 19.4 Å². The fourth-order valence-electron chi connectivity index (χ4n) is 1.21. The molecule has 0 aliphatic heterocycles. The zero-order chi connectivity index (χ0) is 12.1. The molecule has 15 heavy (non-hydrogen) atoms. The quantitative estimate of drug-likeness (QED) is 0.719. The van der Waals surface area contributed by atoms with Crippen LogP contribution in [0.25, 0.3) is 0 Å². The highest BCUT2D eigenvalue weighted by molar-refractivity contribution is 5.68. The van der Waals surface area contributed by atoms with Crippen LogP contribution in [0.5, 0.6) is 0 Å². The second-order valence-corrected chi connectivity index (χ2v) is 5.12. The molecule has 0 saturated carbocycles. The van der Waals surface area contributed by atoms with Gasteiger partial charge in [-0.15, -0.1) is 0 Å². The number of nitrogens with zero attached hydrogens (tertiary/aromatic N) is 1. The number of carbonyl (C=O) groups is 1. The Kier molecular flexibility index (Phi) is 5.69. The van der Waals surface area contributed by atoms with Crippen molar-refractivity contribution in [2.24, 2.45) is 0 Å². The molecular weight excluding hydrogens is 190 g/mol. The molecule has 0 aromatic carbocycles. The summed E-state index contributed by atoms with van der Waals surface area (Å²) in [4.78, 5) is 13.6. The lowest BCUT2D eigenvalue weighted by Crippen LogP contribution is -2.41. The molecule has 0 heterocycles. The van der Waals surface area contributed by atoms with Crippen LogP contribution >= 0.6 is 0 Å². The average Bonchev–Trinajstić information content (AvgIpc) is 2.00. The van der Waals surface area contributed by atoms with E-state index < -0.39 is 5.60 Å². The van der Waals surface area contributed by atoms with E-state index in [1.54, 1.807) is 4.90 Å². The Morgan fingerprint density at radius 3 is 2.20 bits per heavy atom. The molecule has 0 aromatic rings. The van der Waals surface area contributed by atoms with Gasteiger partial charge in [-0.1, -0.05) is 13.3 Å². The zero-order valence-corrected chi connectivity index (χ0v) is 11.0. The van der Waals surface area contributed by atoms with Gasteiger partial charge < -0.3 is 9.64 Å². The van der Waals surface area contributed by atoms with E-state index in [2.05, 4.69) is 6.92 Å². The molecule has 90 valence electrons. The number of carbonyl (C=O) groups excluding carboxylic acids is 1. The molecule has 0 rings (SSSR count). The second kappa shape index (κ2) is 5.99. The van der Waals surface area contributed by atoms with Gasteiger partial charge in [0.15, 0.2) is 0 Å². The summed E-state index contributed by atoms with van der Waals surface area (Å²) in [6.45, 7) is 12.6. The summed E-state index contributed by atoms with van der Waals surface area (Å²) in [5.74, 6) is 0. The maximum absolute atomic E-state index is 11.8. The Morgan fingerprint density at radius 2 is 1.87 bits per heavy atom. The summed E-state index contributed by atoms with van der Waals surface area (Å²) in [7, 11) is 0. The average molecular weight is 215 g/mol. The third kappa shape index (κ3) is 6.37. The van der Waals surface area contributed by atoms with Crippen molar-refractivity contribution in [2.45, 2.75) is 66.0 Å². The number of ether oxygens (including phenoxy) is 1. The number of hydrogen-bond acceptors (Lipinski definition) is 2. The molecule has 0 aromatic heterocycles.